The molecule has 2 aliphatic carbocycles. The van der Waals surface area contributed by atoms with Crippen molar-refractivity contribution >= 4 is 27.0 Å². The monoisotopic (exact) mass is 558 g/mol. The van der Waals surface area contributed by atoms with Gasteiger partial charge in [-0.1, -0.05) is 0 Å². The van der Waals surface area contributed by atoms with E-state index in [0.29, 0.717) is 0 Å². The molecule has 0 fully saturated rings. The molecular formula is C24H20Cl2Hf. The van der Waals surface area contributed by atoms with Gasteiger partial charge in [0.2, 0.25) is 0 Å². The molecule has 5 rings (SSSR count). The van der Waals surface area contributed by atoms with E-state index in [1.54, 1.807) is 0 Å². The minimum absolute atomic E-state index is 0.0727. The molecule has 134 valence electrons. The second kappa shape index (κ2) is 6.11. The van der Waals surface area contributed by atoms with Crippen LogP contribution in [0.1, 0.15) is 36.5 Å². The maximum absolute atomic E-state index is 7.75. The van der Waals surface area contributed by atoms with Gasteiger partial charge in [-0.2, -0.15) is 0 Å². The Morgan fingerprint density at radius 2 is 1.26 bits per heavy atom. The summed E-state index contributed by atoms with van der Waals surface area (Å²) in [4.78, 5) is 0. The first-order valence-corrected chi connectivity index (χ1v) is 24.5. The number of hydrogen-bond acceptors (Lipinski definition) is 0. The molecule has 0 radical (unpaired) electrons. The topological polar surface area (TPSA) is 0 Å². The van der Waals surface area contributed by atoms with Gasteiger partial charge in [0, 0.05) is 0 Å². The summed E-state index contributed by atoms with van der Waals surface area (Å²) in [5, 5.41) is 0. The molecule has 0 heterocycles. The Labute approximate surface area is 168 Å². The molecule has 0 saturated carbocycles. The second-order valence-corrected chi connectivity index (χ2v) is 38.2. The number of benzene rings is 3. The molecule has 0 amide bonds. The normalized spacial score (nSPS) is 18.1. The molecule has 0 bridgehead atoms. The van der Waals surface area contributed by atoms with E-state index in [-0.39, 0.29) is 7.35 Å². The minimum atomic E-state index is -4.65. The predicted molar refractivity (Wildman–Crippen MR) is 115 cm³/mol. The fraction of sp³-hybridized carbons (Fsp3) is 0.125. The van der Waals surface area contributed by atoms with Gasteiger partial charge >= 0.3 is 169 Å². The molecule has 1 unspecified atom stereocenters. The summed E-state index contributed by atoms with van der Waals surface area (Å²) >= 11 is -4.65. The van der Waals surface area contributed by atoms with Gasteiger partial charge in [-0.3, -0.25) is 0 Å². The standard InChI is InChI=1S/C13H9.C9H7.C2H4.2ClH.Hf/c1-3-7-12-10(5-1)9-11-6-2-4-8-13(11)12;1-2-5-9-7-3-6-8(9)4-1;1-2;;;/h1-9H;1-7H;1H,2H3;2*1H;/q;;;;;+2/p-2. The first kappa shape index (κ1) is 17.8. The summed E-state index contributed by atoms with van der Waals surface area (Å²) < 4.78 is 2.38. The van der Waals surface area contributed by atoms with Crippen molar-refractivity contribution in [1.82, 2.24) is 0 Å². The Morgan fingerprint density at radius 3 is 1.85 bits per heavy atom. The average molecular weight is 558 g/mol. The maximum atomic E-state index is 7.75. The predicted octanol–water partition coefficient (Wildman–Crippen LogP) is 7.34. The third-order valence-corrected chi connectivity index (χ3v) is 33.6. The average Bonchev–Trinajstić information content (AvgIpc) is 3.29. The van der Waals surface area contributed by atoms with E-state index >= 15 is 0 Å². The van der Waals surface area contributed by atoms with Crippen LogP contribution in [0.3, 0.4) is 0 Å². The summed E-state index contributed by atoms with van der Waals surface area (Å²) in [5.74, 6) is 0. The fourth-order valence-corrected chi connectivity index (χ4v) is 26.6. The fourth-order valence-electron chi connectivity index (χ4n) is 5.01. The van der Waals surface area contributed by atoms with E-state index in [9.17, 15) is 0 Å². The first-order chi connectivity index (χ1) is 13.0. The number of hydrogen-bond donors (Lipinski definition) is 0. The zero-order chi connectivity index (χ0) is 18.7. The molecule has 0 nitrogen and oxygen atoms in total. The molecule has 0 aliphatic heterocycles. The van der Waals surface area contributed by atoms with Crippen molar-refractivity contribution in [2.45, 2.75) is 14.3 Å². The molecule has 0 N–H and O–H groups in total. The number of halogens is 2. The van der Waals surface area contributed by atoms with E-state index < -0.39 is 15.7 Å². The molecule has 0 saturated heterocycles. The van der Waals surface area contributed by atoms with Crippen molar-refractivity contribution in [2.75, 3.05) is 0 Å². The Hall–Kier alpha value is -1.28. The van der Waals surface area contributed by atoms with Crippen LogP contribution in [0.15, 0.2) is 78.9 Å². The Kier molecular flexibility index (Phi) is 4.03. The Balaban J connectivity index is 1.82. The van der Waals surface area contributed by atoms with Gasteiger partial charge in [0.1, 0.15) is 0 Å². The van der Waals surface area contributed by atoms with Gasteiger partial charge in [0.05, 0.1) is 0 Å². The SMILES string of the molecule is C[CH]=[Hf]([Cl])([Cl])([CH]1C=Cc2ccccc21)[CH]1c2ccccc2-c2ccccc21. The van der Waals surface area contributed by atoms with E-state index in [4.69, 9.17) is 17.2 Å². The molecular weight excluding hydrogens is 538 g/mol. The van der Waals surface area contributed by atoms with Crippen molar-refractivity contribution in [3.63, 3.8) is 0 Å². The van der Waals surface area contributed by atoms with Crippen molar-refractivity contribution in [2.24, 2.45) is 0 Å². The van der Waals surface area contributed by atoms with E-state index in [1.807, 2.05) is 0 Å². The molecule has 3 heteroatoms. The van der Waals surface area contributed by atoms with Crippen LogP contribution in [0.4, 0.5) is 0 Å². The van der Waals surface area contributed by atoms with Crippen LogP contribution < -0.4 is 0 Å². The van der Waals surface area contributed by atoms with Crippen LogP contribution in [0.2, 0.25) is 0 Å². The van der Waals surface area contributed by atoms with Crippen LogP contribution in [-0.4, -0.2) is 3.76 Å². The van der Waals surface area contributed by atoms with Gasteiger partial charge in [0.25, 0.3) is 0 Å². The number of rotatable bonds is 2. The molecule has 2 aliphatic rings. The van der Waals surface area contributed by atoms with Crippen LogP contribution in [-0.2, 0) is 15.7 Å². The van der Waals surface area contributed by atoms with Gasteiger partial charge in [-0.15, -0.1) is 0 Å². The number of fused-ring (bicyclic) bond motifs is 4. The summed E-state index contributed by atoms with van der Waals surface area (Å²) in [6.45, 7) is 2.08. The molecule has 0 aromatic heterocycles. The third-order valence-electron chi connectivity index (χ3n) is 6.33. The van der Waals surface area contributed by atoms with E-state index in [1.165, 1.54) is 33.4 Å². The summed E-state index contributed by atoms with van der Waals surface area (Å²) in [6, 6.07) is 25.8. The molecule has 1 atom stereocenters. The van der Waals surface area contributed by atoms with Gasteiger partial charge in [-0.05, 0) is 0 Å². The zero-order valence-corrected chi connectivity index (χ0v) is 20.2. The molecule has 0 spiro atoms. The van der Waals surface area contributed by atoms with E-state index in [2.05, 4.69) is 95.6 Å². The van der Waals surface area contributed by atoms with Crippen molar-refractivity contribution in [3.05, 3.63) is 101 Å². The second-order valence-electron chi connectivity index (χ2n) is 7.59. The van der Waals surface area contributed by atoms with Gasteiger partial charge < -0.3 is 0 Å². The first-order valence-electron chi connectivity index (χ1n) is 9.37. The third kappa shape index (κ3) is 2.41. The van der Waals surface area contributed by atoms with E-state index in [0.717, 1.165) is 0 Å². The van der Waals surface area contributed by atoms with Gasteiger partial charge in [-0.25, -0.2) is 0 Å². The Morgan fingerprint density at radius 1 is 0.741 bits per heavy atom. The molecule has 27 heavy (non-hydrogen) atoms. The summed E-state index contributed by atoms with van der Waals surface area (Å²) in [6.07, 6.45) is 4.45. The van der Waals surface area contributed by atoms with Crippen LogP contribution >= 0.6 is 17.2 Å². The van der Waals surface area contributed by atoms with Crippen LogP contribution in [0.25, 0.3) is 17.2 Å². The summed E-state index contributed by atoms with van der Waals surface area (Å²) in [7, 11) is 15.5. The van der Waals surface area contributed by atoms with Crippen molar-refractivity contribution in [1.29, 1.82) is 0 Å². The number of allylic oxidation sites excluding steroid dienone is 1. The molecule has 3 aromatic rings. The Bertz CT molecular complexity index is 1120. The van der Waals surface area contributed by atoms with Crippen LogP contribution in [0, 0.1) is 0 Å². The van der Waals surface area contributed by atoms with Gasteiger partial charge in [0.15, 0.2) is 0 Å². The van der Waals surface area contributed by atoms with Crippen molar-refractivity contribution in [3.8, 4) is 11.1 Å². The van der Waals surface area contributed by atoms with Crippen molar-refractivity contribution < 1.29 is 15.7 Å². The quantitative estimate of drug-likeness (QED) is 0.289. The zero-order valence-electron chi connectivity index (χ0n) is 15.1. The van der Waals surface area contributed by atoms with Crippen LogP contribution in [0.5, 0.6) is 0 Å². The summed E-state index contributed by atoms with van der Waals surface area (Å²) in [5.41, 5.74) is 7.65. The molecule has 3 aromatic carbocycles.